The van der Waals surface area contributed by atoms with E-state index in [4.69, 9.17) is 9.15 Å². The number of rotatable bonds is 5. The third kappa shape index (κ3) is 3.38. The Balaban J connectivity index is 2.53. The molecule has 0 radical (unpaired) electrons. The maximum Gasteiger partial charge on any atom is 0.323 e. The highest BCUT2D eigenvalue weighted by Gasteiger charge is 2.22. The minimum atomic E-state index is -0.296. The molecule has 0 aromatic carbocycles. The van der Waals surface area contributed by atoms with Crippen LogP contribution in [0.5, 0.6) is 0 Å². The van der Waals surface area contributed by atoms with Crippen molar-refractivity contribution in [3.63, 3.8) is 0 Å². The van der Waals surface area contributed by atoms with Gasteiger partial charge in [0, 0.05) is 0 Å². The van der Waals surface area contributed by atoms with Gasteiger partial charge in [0.1, 0.15) is 17.6 Å². The maximum atomic E-state index is 11.5. The van der Waals surface area contributed by atoms with E-state index in [1.165, 1.54) is 7.11 Å². The van der Waals surface area contributed by atoms with Gasteiger partial charge in [-0.1, -0.05) is 13.8 Å². The molecule has 1 aromatic heterocycles. The molecule has 1 heterocycles. The van der Waals surface area contributed by atoms with Gasteiger partial charge in [-0.15, -0.1) is 0 Å². The minimum Gasteiger partial charge on any atom is -0.468 e. The first kappa shape index (κ1) is 12.8. The second-order valence-corrected chi connectivity index (χ2v) is 4.14. The number of carbonyl (C=O) groups excluding carboxylic acids is 1. The molecule has 0 aliphatic heterocycles. The van der Waals surface area contributed by atoms with Crippen LogP contribution in [-0.4, -0.2) is 19.1 Å². The lowest BCUT2D eigenvalue weighted by atomic mass is 10.0. The number of furan rings is 1. The van der Waals surface area contributed by atoms with Crippen LogP contribution in [-0.2, 0) is 16.1 Å². The van der Waals surface area contributed by atoms with E-state index in [0.29, 0.717) is 6.54 Å². The molecular weight excluding hydrogens is 206 g/mol. The van der Waals surface area contributed by atoms with Crippen molar-refractivity contribution in [2.24, 2.45) is 5.92 Å². The van der Waals surface area contributed by atoms with Gasteiger partial charge >= 0.3 is 5.97 Å². The Labute approximate surface area is 96.0 Å². The number of carbonyl (C=O) groups is 1. The summed E-state index contributed by atoms with van der Waals surface area (Å²) < 4.78 is 10.1. The topological polar surface area (TPSA) is 51.5 Å². The quantitative estimate of drug-likeness (QED) is 0.777. The fourth-order valence-electron chi connectivity index (χ4n) is 1.51. The summed E-state index contributed by atoms with van der Waals surface area (Å²) in [6.07, 6.45) is 0. The number of hydrogen-bond acceptors (Lipinski definition) is 4. The summed E-state index contributed by atoms with van der Waals surface area (Å²) in [4.78, 5) is 11.5. The van der Waals surface area contributed by atoms with Gasteiger partial charge in [-0.3, -0.25) is 10.1 Å². The molecule has 0 unspecified atom stereocenters. The summed E-state index contributed by atoms with van der Waals surface area (Å²) in [5.41, 5.74) is 0. The summed E-state index contributed by atoms with van der Waals surface area (Å²) in [5.74, 6) is 1.64. The van der Waals surface area contributed by atoms with Crippen molar-refractivity contribution in [2.45, 2.75) is 33.4 Å². The number of methoxy groups -OCH3 is 1. The first-order valence-corrected chi connectivity index (χ1v) is 5.41. The third-order valence-corrected chi connectivity index (χ3v) is 2.41. The highest BCUT2D eigenvalue weighted by atomic mass is 16.5. The Hall–Kier alpha value is -1.29. The SMILES string of the molecule is COC(=O)[C@@H](NCc1ccc(C)o1)C(C)C. The summed E-state index contributed by atoms with van der Waals surface area (Å²) in [5, 5.41) is 3.13. The summed E-state index contributed by atoms with van der Waals surface area (Å²) in [6.45, 7) is 6.37. The molecule has 0 amide bonds. The van der Waals surface area contributed by atoms with Gasteiger partial charge in [0.15, 0.2) is 0 Å². The van der Waals surface area contributed by atoms with E-state index in [1.807, 2.05) is 32.9 Å². The van der Waals surface area contributed by atoms with Crippen LogP contribution in [0.4, 0.5) is 0 Å². The standard InChI is InChI=1S/C12H19NO3/c1-8(2)11(12(14)15-4)13-7-10-6-5-9(3)16-10/h5-6,8,11,13H,7H2,1-4H3/t11-/m0/s1. The average Bonchev–Trinajstić information content (AvgIpc) is 2.63. The van der Waals surface area contributed by atoms with E-state index >= 15 is 0 Å². The summed E-state index contributed by atoms with van der Waals surface area (Å²) in [6, 6.07) is 3.51. The monoisotopic (exact) mass is 225 g/mol. The highest BCUT2D eigenvalue weighted by Crippen LogP contribution is 2.08. The zero-order valence-electron chi connectivity index (χ0n) is 10.2. The predicted octanol–water partition coefficient (Wildman–Crippen LogP) is 1.88. The Morgan fingerprint density at radius 2 is 2.19 bits per heavy atom. The Morgan fingerprint density at radius 1 is 1.50 bits per heavy atom. The second-order valence-electron chi connectivity index (χ2n) is 4.14. The van der Waals surface area contributed by atoms with Crippen LogP contribution in [0, 0.1) is 12.8 Å². The zero-order valence-corrected chi connectivity index (χ0v) is 10.2. The Bertz CT molecular complexity index is 344. The average molecular weight is 225 g/mol. The molecule has 16 heavy (non-hydrogen) atoms. The molecule has 0 saturated heterocycles. The van der Waals surface area contributed by atoms with E-state index in [1.54, 1.807) is 0 Å². The molecular formula is C12H19NO3. The van der Waals surface area contributed by atoms with Crippen LogP contribution in [0.2, 0.25) is 0 Å². The molecule has 0 fully saturated rings. The molecule has 90 valence electrons. The van der Waals surface area contributed by atoms with Gasteiger partial charge < -0.3 is 9.15 Å². The lowest BCUT2D eigenvalue weighted by Crippen LogP contribution is -2.41. The van der Waals surface area contributed by atoms with Crippen molar-refractivity contribution >= 4 is 5.97 Å². The van der Waals surface area contributed by atoms with Crippen LogP contribution in [0.3, 0.4) is 0 Å². The summed E-state index contributed by atoms with van der Waals surface area (Å²) in [7, 11) is 1.40. The fraction of sp³-hybridized carbons (Fsp3) is 0.583. The number of nitrogens with one attached hydrogen (secondary N) is 1. The van der Waals surface area contributed by atoms with E-state index in [0.717, 1.165) is 11.5 Å². The normalized spacial score (nSPS) is 12.8. The Morgan fingerprint density at radius 3 is 2.62 bits per heavy atom. The molecule has 1 aromatic rings. The van der Waals surface area contributed by atoms with Crippen molar-refractivity contribution in [2.75, 3.05) is 7.11 Å². The lowest BCUT2D eigenvalue weighted by Gasteiger charge is -2.19. The third-order valence-electron chi connectivity index (χ3n) is 2.41. The molecule has 1 rings (SSSR count). The minimum absolute atomic E-state index is 0.184. The van der Waals surface area contributed by atoms with Gasteiger partial charge in [-0.05, 0) is 25.0 Å². The number of esters is 1. The van der Waals surface area contributed by atoms with Crippen LogP contribution in [0.15, 0.2) is 16.5 Å². The van der Waals surface area contributed by atoms with Gasteiger partial charge in [0.25, 0.3) is 0 Å². The second kappa shape index (κ2) is 5.70. The first-order chi connectivity index (χ1) is 7.54. The van der Waals surface area contributed by atoms with E-state index in [2.05, 4.69) is 5.32 Å². The van der Waals surface area contributed by atoms with Crippen molar-refractivity contribution in [3.8, 4) is 0 Å². The van der Waals surface area contributed by atoms with Gasteiger partial charge in [0.05, 0.1) is 13.7 Å². The molecule has 4 heteroatoms. The van der Waals surface area contributed by atoms with Crippen LogP contribution >= 0.6 is 0 Å². The van der Waals surface area contributed by atoms with Crippen molar-refractivity contribution in [3.05, 3.63) is 23.7 Å². The number of aryl methyl sites for hydroxylation is 1. The van der Waals surface area contributed by atoms with Crippen molar-refractivity contribution in [1.29, 1.82) is 0 Å². The predicted molar refractivity (Wildman–Crippen MR) is 60.9 cm³/mol. The zero-order chi connectivity index (χ0) is 12.1. The molecule has 1 atom stereocenters. The molecule has 0 saturated carbocycles. The molecule has 0 spiro atoms. The molecule has 0 aliphatic carbocycles. The van der Waals surface area contributed by atoms with Crippen LogP contribution in [0.1, 0.15) is 25.4 Å². The largest absolute Gasteiger partial charge is 0.468 e. The first-order valence-electron chi connectivity index (χ1n) is 5.41. The lowest BCUT2D eigenvalue weighted by molar-refractivity contribution is -0.144. The molecule has 4 nitrogen and oxygen atoms in total. The van der Waals surface area contributed by atoms with E-state index < -0.39 is 0 Å². The fourth-order valence-corrected chi connectivity index (χ4v) is 1.51. The van der Waals surface area contributed by atoms with Crippen LogP contribution < -0.4 is 5.32 Å². The van der Waals surface area contributed by atoms with Gasteiger partial charge in [-0.25, -0.2) is 0 Å². The van der Waals surface area contributed by atoms with E-state index in [9.17, 15) is 4.79 Å². The smallest absolute Gasteiger partial charge is 0.323 e. The molecule has 0 aliphatic rings. The van der Waals surface area contributed by atoms with E-state index in [-0.39, 0.29) is 17.9 Å². The van der Waals surface area contributed by atoms with Gasteiger partial charge in [0.2, 0.25) is 0 Å². The molecule has 1 N–H and O–H groups in total. The maximum absolute atomic E-state index is 11.5. The number of ether oxygens (including phenoxy) is 1. The van der Waals surface area contributed by atoms with Crippen LogP contribution in [0.25, 0.3) is 0 Å². The Kier molecular flexibility index (Phi) is 4.55. The highest BCUT2D eigenvalue weighted by molar-refractivity contribution is 5.75. The van der Waals surface area contributed by atoms with Crippen molar-refractivity contribution in [1.82, 2.24) is 5.32 Å². The summed E-state index contributed by atoms with van der Waals surface area (Å²) >= 11 is 0. The van der Waals surface area contributed by atoms with Crippen molar-refractivity contribution < 1.29 is 13.9 Å². The van der Waals surface area contributed by atoms with Gasteiger partial charge in [-0.2, -0.15) is 0 Å². The number of hydrogen-bond donors (Lipinski definition) is 1. The molecule has 0 bridgehead atoms.